The highest BCUT2D eigenvalue weighted by Gasteiger charge is 2.21. The lowest BCUT2D eigenvalue weighted by atomic mass is 10.1. The van der Waals surface area contributed by atoms with Crippen LogP contribution in [-0.2, 0) is 13.0 Å². The van der Waals surface area contributed by atoms with Crippen molar-refractivity contribution < 1.29 is 0 Å². The average molecular weight is 279 g/mol. The van der Waals surface area contributed by atoms with E-state index in [4.69, 9.17) is 0 Å². The molecule has 4 rings (SSSR count). The van der Waals surface area contributed by atoms with Gasteiger partial charge in [0.05, 0.1) is 0 Å². The third-order valence-corrected chi connectivity index (χ3v) is 5.25. The molecule has 1 aliphatic rings. The van der Waals surface area contributed by atoms with E-state index in [-0.39, 0.29) is 0 Å². The van der Waals surface area contributed by atoms with Crippen molar-refractivity contribution in [3.8, 4) is 0 Å². The Morgan fingerprint density at radius 3 is 2.90 bits per heavy atom. The van der Waals surface area contributed by atoms with Crippen LogP contribution >= 0.6 is 11.3 Å². The van der Waals surface area contributed by atoms with Gasteiger partial charge in [0.15, 0.2) is 0 Å². The monoisotopic (exact) mass is 279 g/mol. The summed E-state index contributed by atoms with van der Waals surface area (Å²) in [5.74, 6) is 0. The van der Waals surface area contributed by atoms with E-state index in [1.54, 1.807) is 0 Å². The predicted octanol–water partition coefficient (Wildman–Crippen LogP) is 4.68. The molecule has 3 aromatic rings. The predicted molar refractivity (Wildman–Crippen MR) is 86.2 cm³/mol. The number of hydrogen-bond donors (Lipinski definition) is 1. The molecule has 0 amide bonds. The first-order valence-corrected chi connectivity index (χ1v) is 8.06. The molecule has 0 saturated carbocycles. The molecule has 1 heterocycles. The van der Waals surface area contributed by atoms with Crippen molar-refractivity contribution in [3.05, 3.63) is 70.6 Å². The van der Waals surface area contributed by atoms with Crippen LogP contribution in [0.1, 0.15) is 29.2 Å². The fourth-order valence-corrected chi connectivity index (χ4v) is 4.13. The first-order chi connectivity index (χ1) is 9.92. The maximum atomic E-state index is 3.74. The largest absolute Gasteiger partial charge is 0.306 e. The Kier molecular flexibility index (Phi) is 3.06. The molecule has 0 radical (unpaired) electrons. The standard InChI is InChI=1S/C18H17NS/c1-2-6-15-13(5-1)9-10-17(15)19-11-14-12-20-18-8-4-3-7-16(14)18/h1-8,12,17,19H,9-11H2. The van der Waals surface area contributed by atoms with Gasteiger partial charge in [-0.2, -0.15) is 0 Å². The zero-order chi connectivity index (χ0) is 13.4. The van der Waals surface area contributed by atoms with Crippen LogP contribution in [0.3, 0.4) is 0 Å². The lowest BCUT2D eigenvalue weighted by Crippen LogP contribution is -2.18. The molecule has 0 bridgehead atoms. The van der Waals surface area contributed by atoms with E-state index in [0.29, 0.717) is 6.04 Å². The molecule has 0 spiro atoms. The van der Waals surface area contributed by atoms with Crippen LogP contribution in [0.2, 0.25) is 0 Å². The third kappa shape index (κ3) is 2.05. The first-order valence-electron chi connectivity index (χ1n) is 7.18. The van der Waals surface area contributed by atoms with Gasteiger partial charge in [0, 0.05) is 17.3 Å². The van der Waals surface area contributed by atoms with E-state index < -0.39 is 0 Å². The number of benzene rings is 2. The molecule has 2 aromatic carbocycles. The van der Waals surface area contributed by atoms with E-state index in [0.717, 1.165) is 6.54 Å². The Labute approximate surface area is 123 Å². The summed E-state index contributed by atoms with van der Waals surface area (Å²) >= 11 is 1.84. The zero-order valence-electron chi connectivity index (χ0n) is 11.3. The second-order valence-electron chi connectivity index (χ2n) is 5.43. The molecule has 2 heteroatoms. The molecule has 0 saturated heterocycles. The Hall–Kier alpha value is -1.64. The number of fused-ring (bicyclic) bond motifs is 2. The molecular weight excluding hydrogens is 262 g/mol. The maximum Gasteiger partial charge on any atom is 0.0346 e. The van der Waals surface area contributed by atoms with Gasteiger partial charge in [-0.25, -0.2) is 0 Å². The summed E-state index contributed by atoms with van der Waals surface area (Å²) in [6.07, 6.45) is 2.43. The second-order valence-corrected chi connectivity index (χ2v) is 6.34. The Morgan fingerprint density at radius 2 is 1.90 bits per heavy atom. The maximum absolute atomic E-state index is 3.74. The molecule has 20 heavy (non-hydrogen) atoms. The molecule has 1 unspecified atom stereocenters. The minimum absolute atomic E-state index is 0.518. The van der Waals surface area contributed by atoms with E-state index >= 15 is 0 Å². The Bertz CT molecular complexity index is 744. The summed E-state index contributed by atoms with van der Waals surface area (Å²) in [6, 6.07) is 18.0. The molecule has 1 N–H and O–H groups in total. The highest BCUT2D eigenvalue weighted by molar-refractivity contribution is 7.17. The topological polar surface area (TPSA) is 12.0 Å². The Balaban J connectivity index is 1.54. The quantitative estimate of drug-likeness (QED) is 0.734. The van der Waals surface area contributed by atoms with Crippen LogP contribution in [0, 0.1) is 0 Å². The van der Waals surface area contributed by atoms with Gasteiger partial charge in [0.25, 0.3) is 0 Å². The van der Waals surface area contributed by atoms with Crippen LogP contribution in [0.15, 0.2) is 53.9 Å². The number of aryl methyl sites for hydroxylation is 1. The van der Waals surface area contributed by atoms with Crippen LogP contribution in [0.25, 0.3) is 10.1 Å². The molecule has 1 aromatic heterocycles. The highest BCUT2D eigenvalue weighted by Crippen LogP contribution is 2.32. The highest BCUT2D eigenvalue weighted by atomic mass is 32.1. The second kappa shape index (κ2) is 5.04. The Morgan fingerprint density at radius 1 is 1.05 bits per heavy atom. The fourth-order valence-electron chi connectivity index (χ4n) is 3.17. The van der Waals surface area contributed by atoms with Crippen LogP contribution in [-0.4, -0.2) is 0 Å². The lowest BCUT2D eigenvalue weighted by Gasteiger charge is -2.13. The van der Waals surface area contributed by atoms with Crippen molar-refractivity contribution in [2.45, 2.75) is 25.4 Å². The number of nitrogens with one attached hydrogen (secondary N) is 1. The van der Waals surface area contributed by atoms with Gasteiger partial charge in [0.1, 0.15) is 0 Å². The number of rotatable bonds is 3. The zero-order valence-corrected chi connectivity index (χ0v) is 12.1. The summed E-state index contributed by atoms with van der Waals surface area (Å²) in [4.78, 5) is 0. The average Bonchev–Trinajstić information content (AvgIpc) is 3.09. The molecule has 100 valence electrons. The van der Waals surface area contributed by atoms with E-state index in [1.165, 1.54) is 39.6 Å². The van der Waals surface area contributed by atoms with Gasteiger partial charge in [0.2, 0.25) is 0 Å². The third-order valence-electron chi connectivity index (χ3n) is 4.23. The summed E-state index contributed by atoms with van der Waals surface area (Å²) in [5, 5.41) is 7.43. The minimum atomic E-state index is 0.518. The molecule has 1 aliphatic carbocycles. The van der Waals surface area contributed by atoms with Gasteiger partial charge in [-0.1, -0.05) is 42.5 Å². The molecular formula is C18H17NS. The van der Waals surface area contributed by atoms with Crippen molar-refractivity contribution in [2.75, 3.05) is 0 Å². The van der Waals surface area contributed by atoms with Gasteiger partial charge in [-0.15, -0.1) is 11.3 Å². The minimum Gasteiger partial charge on any atom is -0.306 e. The van der Waals surface area contributed by atoms with Crippen molar-refractivity contribution in [1.29, 1.82) is 0 Å². The molecule has 1 atom stereocenters. The van der Waals surface area contributed by atoms with Gasteiger partial charge in [-0.3, -0.25) is 0 Å². The first kappa shape index (κ1) is 12.1. The lowest BCUT2D eigenvalue weighted by molar-refractivity contribution is 0.532. The van der Waals surface area contributed by atoms with Gasteiger partial charge in [-0.05, 0) is 46.4 Å². The van der Waals surface area contributed by atoms with Gasteiger partial charge < -0.3 is 5.32 Å². The summed E-state index contributed by atoms with van der Waals surface area (Å²) in [6.45, 7) is 0.961. The fraction of sp³-hybridized carbons (Fsp3) is 0.222. The van der Waals surface area contributed by atoms with Crippen molar-refractivity contribution >= 4 is 21.4 Å². The number of hydrogen-bond acceptors (Lipinski definition) is 2. The van der Waals surface area contributed by atoms with Crippen LogP contribution in [0.4, 0.5) is 0 Å². The summed E-state index contributed by atoms with van der Waals surface area (Å²) in [7, 11) is 0. The smallest absolute Gasteiger partial charge is 0.0346 e. The summed E-state index contributed by atoms with van der Waals surface area (Å²) in [5.41, 5.74) is 4.43. The van der Waals surface area contributed by atoms with Crippen molar-refractivity contribution in [1.82, 2.24) is 5.32 Å². The van der Waals surface area contributed by atoms with Crippen LogP contribution < -0.4 is 5.32 Å². The SMILES string of the molecule is c1ccc2c(c1)CCC2NCc1csc2ccccc12. The van der Waals surface area contributed by atoms with Crippen LogP contribution in [0.5, 0.6) is 0 Å². The van der Waals surface area contributed by atoms with Crippen molar-refractivity contribution in [3.63, 3.8) is 0 Å². The number of thiophene rings is 1. The van der Waals surface area contributed by atoms with Crippen molar-refractivity contribution in [2.24, 2.45) is 0 Å². The summed E-state index contributed by atoms with van der Waals surface area (Å²) < 4.78 is 1.39. The van der Waals surface area contributed by atoms with E-state index in [9.17, 15) is 0 Å². The van der Waals surface area contributed by atoms with E-state index in [2.05, 4.69) is 59.2 Å². The molecule has 0 aliphatic heterocycles. The van der Waals surface area contributed by atoms with Gasteiger partial charge >= 0.3 is 0 Å². The molecule has 1 nitrogen and oxygen atoms in total. The van der Waals surface area contributed by atoms with E-state index in [1.807, 2.05) is 11.3 Å². The normalized spacial score (nSPS) is 17.5. The molecule has 0 fully saturated rings.